The molecule has 0 atom stereocenters. The third kappa shape index (κ3) is 3.67. The minimum Gasteiger partial charge on any atom is -0.497 e. The van der Waals surface area contributed by atoms with Crippen molar-refractivity contribution in [2.75, 3.05) is 20.8 Å². The van der Waals surface area contributed by atoms with E-state index in [1.165, 1.54) is 0 Å². The second-order valence-electron chi connectivity index (χ2n) is 6.36. The Balaban J connectivity index is 2.17. The van der Waals surface area contributed by atoms with Gasteiger partial charge < -0.3 is 18.6 Å². The van der Waals surface area contributed by atoms with E-state index in [4.69, 9.17) is 18.6 Å². The maximum atomic E-state index is 12.8. The second kappa shape index (κ2) is 7.58. The van der Waals surface area contributed by atoms with Crippen molar-refractivity contribution >= 4 is 11.0 Å². The fourth-order valence-electron chi connectivity index (χ4n) is 2.95. The van der Waals surface area contributed by atoms with Gasteiger partial charge in [0.05, 0.1) is 19.8 Å². The van der Waals surface area contributed by atoms with Crippen molar-refractivity contribution in [2.45, 2.75) is 13.8 Å². The summed E-state index contributed by atoms with van der Waals surface area (Å²) >= 11 is 0. The lowest BCUT2D eigenvalue weighted by atomic mass is 9.98. The van der Waals surface area contributed by atoms with Gasteiger partial charge in [-0.1, -0.05) is 6.58 Å². The molecule has 140 valence electrons. The van der Waals surface area contributed by atoms with Crippen LogP contribution in [0.15, 0.2) is 57.8 Å². The molecule has 0 aliphatic heterocycles. The highest BCUT2D eigenvalue weighted by Gasteiger charge is 2.18. The first kappa shape index (κ1) is 18.6. The highest BCUT2D eigenvalue weighted by Crippen LogP contribution is 2.36. The molecule has 0 radical (unpaired) electrons. The Labute approximate surface area is 157 Å². The fourth-order valence-corrected chi connectivity index (χ4v) is 2.95. The Bertz CT molecular complexity index is 1060. The van der Waals surface area contributed by atoms with Crippen LogP contribution < -0.4 is 19.8 Å². The zero-order valence-electron chi connectivity index (χ0n) is 15.9. The Kier molecular flexibility index (Phi) is 5.21. The molecule has 0 aliphatic rings. The molecule has 0 bridgehead atoms. The highest BCUT2D eigenvalue weighted by atomic mass is 16.5. The predicted molar refractivity (Wildman–Crippen MR) is 106 cm³/mol. The van der Waals surface area contributed by atoms with Crippen molar-refractivity contribution < 1.29 is 18.6 Å². The zero-order valence-corrected chi connectivity index (χ0v) is 15.9. The smallest absolute Gasteiger partial charge is 0.344 e. The number of hydrogen-bond donors (Lipinski definition) is 0. The molecule has 0 unspecified atom stereocenters. The first-order valence-corrected chi connectivity index (χ1v) is 8.51. The van der Waals surface area contributed by atoms with Crippen LogP contribution in [-0.2, 0) is 0 Å². The lowest BCUT2D eigenvalue weighted by Crippen LogP contribution is -2.07. The standard InChI is InChI=1S/C22H22O5/c1-13(2)12-26-16-6-8-17-14(3)21(22(23)27-20(17)11-16)18-10-15(24-4)7-9-19(18)25-5/h6-11H,1,12H2,2-5H3. The number of benzene rings is 2. The van der Waals surface area contributed by atoms with Crippen LogP contribution in [0.25, 0.3) is 22.1 Å². The first-order chi connectivity index (χ1) is 12.9. The van der Waals surface area contributed by atoms with E-state index in [-0.39, 0.29) is 0 Å². The van der Waals surface area contributed by atoms with E-state index in [9.17, 15) is 4.79 Å². The minimum atomic E-state index is -0.441. The third-order valence-electron chi connectivity index (χ3n) is 4.30. The number of methoxy groups -OCH3 is 2. The molecule has 0 N–H and O–H groups in total. The van der Waals surface area contributed by atoms with Crippen LogP contribution in [-0.4, -0.2) is 20.8 Å². The third-order valence-corrected chi connectivity index (χ3v) is 4.30. The first-order valence-electron chi connectivity index (χ1n) is 8.51. The van der Waals surface area contributed by atoms with Crippen molar-refractivity contribution in [3.63, 3.8) is 0 Å². The quantitative estimate of drug-likeness (QED) is 0.466. The van der Waals surface area contributed by atoms with Gasteiger partial charge in [-0.05, 0) is 55.3 Å². The summed E-state index contributed by atoms with van der Waals surface area (Å²) in [6, 6.07) is 10.8. The maximum absolute atomic E-state index is 12.8. The molecule has 0 aliphatic carbocycles. The SMILES string of the molecule is C=C(C)COc1ccc2c(C)c(-c3cc(OC)ccc3OC)c(=O)oc2c1. The van der Waals surface area contributed by atoms with Crippen molar-refractivity contribution in [2.24, 2.45) is 0 Å². The average Bonchev–Trinajstić information content (AvgIpc) is 2.66. The Hall–Kier alpha value is -3.21. The summed E-state index contributed by atoms with van der Waals surface area (Å²) in [7, 11) is 3.14. The molecule has 3 rings (SSSR count). The van der Waals surface area contributed by atoms with Crippen molar-refractivity contribution in [3.8, 4) is 28.4 Å². The normalized spacial score (nSPS) is 10.7. The van der Waals surface area contributed by atoms with Crippen LogP contribution >= 0.6 is 0 Å². The molecule has 2 aromatic carbocycles. The lowest BCUT2D eigenvalue weighted by molar-refractivity contribution is 0.352. The molecular formula is C22H22O5. The molecule has 1 heterocycles. The van der Waals surface area contributed by atoms with E-state index in [0.717, 1.165) is 16.5 Å². The van der Waals surface area contributed by atoms with Crippen molar-refractivity contribution in [1.29, 1.82) is 0 Å². The van der Waals surface area contributed by atoms with Crippen molar-refractivity contribution in [3.05, 3.63) is 64.5 Å². The summed E-state index contributed by atoms with van der Waals surface area (Å²) in [6.07, 6.45) is 0. The molecule has 3 aromatic rings. The van der Waals surface area contributed by atoms with Gasteiger partial charge in [0, 0.05) is 17.0 Å². The number of hydrogen-bond acceptors (Lipinski definition) is 5. The maximum Gasteiger partial charge on any atom is 0.344 e. The van der Waals surface area contributed by atoms with Gasteiger partial charge in [-0.15, -0.1) is 0 Å². The second-order valence-corrected chi connectivity index (χ2v) is 6.36. The fraction of sp³-hybridized carbons (Fsp3) is 0.227. The summed E-state index contributed by atoms with van der Waals surface area (Å²) < 4.78 is 22.0. The lowest BCUT2D eigenvalue weighted by Gasteiger charge is -2.13. The number of rotatable bonds is 6. The van der Waals surface area contributed by atoms with E-state index in [1.54, 1.807) is 38.5 Å². The highest BCUT2D eigenvalue weighted by molar-refractivity contribution is 5.88. The predicted octanol–water partition coefficient (Wildman–Crippen LogP) is 4.74. The van der Waals surface area contributed by atoms with Crippen molar-refractivity contribution in [1.82, 2.24) is 0 Å². The molecule has 5 nitrogen and oxygen atoms in total. The summed E-state index contributed by atoms with van der Waals surface area (Å²) in [6.45, 7) is 8.01. The van der Waals surface area contributed by atoms with Gasteiger partial charge in [0.2, 0.25) is 0 Å². The van der Waals surface area contributed by atoms with Gasteiger partial charge in [0.15, 0.2) is 0 Å². The molecule has 0 spiro atoms. The Morgan fingerprint density at radius 3 is 2.48 bits per heavy atom. The number of ether oxygens (including phenoxy) is 3. The molecule has 0 saturated carbocycles. The Morgan fingerprint density at radius 2 is 1.81 bits per heavy atom. The molecule has 1 aromatic heterocycles. The average molecular weight is 366 g/mol. The van der Waals surface area contributed by atoms with Crippen LogP contribution in [0.5, 0.6) is 17.2 Å². The number of fused-ring (bicyclic) bond motifs is 1. The van der Waals surface area contributed by atoms with Crippen LogP contribution in [0.3, 0.4) is 0 Å². The zero-order chi connectivity index (χ0) is 19.6. The molecule has 27 heavy (non-hydrogen) atoms. The molecule has 0 fully saturated rings. The number of aryl methyl sites for hydroxylation is 1. The van der Waals surface area contributed by atoms with Crippen LogP contribution in [0, 0.1) is 6.92 Å². The van der Waals surface area contributed by atoms with Gasteiger partial charge in [-0.3, -0.25) is 0 Å². The molecular weight excluding hydrogens is 344 g/mol. The largest absolute Gasteiger partial charge is 0.497 e. The Morgan fingerprint density at radius 1 is 1.07 bits per heavy atom. The summed E-state index contributed by atoms with van der Waals surface area (Å²) in [4.78, 5) is 12.8. The van der Waals surface area contributed by atoms with Gasteiger partial charge in [-0.2, -0.15) is 0 Å². The van der Waals surface area contributed by atoms with Gasteiger partial charge in [0.25, 0.3) is 0 Å². The van der Waals surface area contributed by atoms with Gasteiger partial charge in [0.1, 0.15) is 29.4 Å². The summed E-state index contributed by atoms with van der Waals surface area (Å²) in [5.41, 5.74) is 2.83. The summed E-state index contributed by atoms with van der Waals surface area (Å²) in [5, 5.41) is 0.831. The van der Waals surface area contributed by atoms with E-state index in [0.29, 0.717) is 40.6 Å². The van der Waals surface area contributed by atoms with Crippen LogP contribution in [0.1, 0.15) is 12.5 Å². The summed E-state index contributed by atoms with van der Waals surface area (Å²) in [5.74, 6) is 1.83. The van der Waals surface area contributed by atoms with E-state index in [2.05, 4.69) is 6.58 Å². The monoisotopic (exact) mass is 366 g/mol. The molecule has 0 amide bonds. The van der Waals surface area contributed by atoms with Gasteiger partial charge >= 0.3 is 5.63 Å². The minimum absolute atomic E-state index is 0.411. The van der Waals surface area contributed by atoms with Crippen LogP contribution in [0.2, 0.25) is 0 Å². The van der Waals surface area contributed by atoms with E-state index < -0.39 is 5.63 Å². The van der Waals surface area contributed by atoms with E-state index >= 15 is 0 Å². The molecule has 0 saturated heterocycles. The molecule has 5 heteroatoms. The van der Waals surface area contributed by atoms with E-state index in [1.807, 2.05) is 26.0 Å². The topological polar surface area (TPSA) is 57.9 Å². The van der Waals surface area contributed by atoms with Crippen LogP contribution in [0.4, 0.5) is 0 Å². The van der Waals surface area contributed by atoms with Gasteiger partial charge in [-0.25, -0.2) is 4.79 Å².